The molecule has 3 rings (SSSR count). The zero-order valence-corrected chi connectivity index (χ0v) is 10.4. The van der Waals surface area contributed by atoms with E-state index in [4.69, 9.17) is 0 Å². The SMILES string of the molecule is C1=NCCC(c2ccccc2)(c2ccccc2)C1. The number of rotatable bonds is 2. The van der Waals surface area contributed by atoms with E-state index in [9.17, 15) is 0 Å². The number of benzene rings is 2. The molecule has 0 aromatic heterocycles. The Morgan fingerprint density at radius 3 is 1.78 bits per heavy atom. The lowest BCUT2D eigenvalue weighted by molar-refractivity contribution is 0.485. The lowest BCUT2D eigenvalue weighted by Gasteiger charge is -2.35. The maximum Gasteiger partial charge on any atom is 0.0397 e. The molecule has 1 nitrogen and oxygen atoms in total. The van der Waals surface area contributed by atoms with Crippen molar-refractivity contribution in [3.05, 3.63) is 71.8 Å². The van der Waals surface area contributed by atoms with Gasteiger partial charge in [0.05, 0.1) is 0 Å². The third kappa shape index (κ3) is 1.86. The molecule has 0 amide bonds. The summed E-state index contributed by atoms with van der Waals surface area (Å²) in [7, 11) is 0. The van der Waals surface area contributed by atoms with Crippen LogP contribution in [0.15, 0.2) is 65.7 Å². The van der Waals surface area contributed by atoms with Crippen molar-refractivity contribution in [3.8, 4) is 0 Å². The van der Waals surface area contributed by atoms with Gasteiger partial charge in [0.2, 0.25) is 0 Å². The van der Waals surface area contributed by atoms with E-state index in [0.29, 0.717) is 0 Å². The van der Waals surface area contributed by atoms with E-state index in [2.05, 4.69) is 71.9 Å². The van der Waals surface area contributed by atoms with Gasteiger partial charge in [-0.15, -0.1) is 0 Å². The molecular formula is C17H17N. The highest BCUT2D eigenvalue weighted by Crippen LogP contribution is 2.39. The predicted octanol–water partition coefficient (Wildman–Crippen LogP) is 3.84. The number of hydrogen-bond donors (Lipinski definition) is 0. The first-order valence-corrected chi connectivity index (χ1v) is 6.51. The van der Waals surface area contributed by atoms with Gasteiger partial charge in [0.15, 0.2) is 0 Å². The van der Waals surface area contributed by atoms with Crippen molar-refractivity contribution in [2.75, 3.05) is 6.54 Å². The average molecular weight is 235 g/mol. The molecule has 0 N–H and O–H groups in total. The van der Waals surface area contributed by atoms with Gasteiger partial charge in [-0.1, -0.05) is 60.7 Å². The molecule has 0 bridgehead atoms. The van der Waals surface area contributed by atoms with E-state index in [1.165, 1.54) is 11.1 Å². The Balaban J connectivity index is 2.13. The molecule has 2 aromatic rings. The second-order valence-electron chi connectivity index (χ2n) is 4.86. The lowest BCUT2D eigenvalue weighted by Crippen LogP contribution is -2.31. The molecule has 1 heterocycles. The largest absolute Gasteiger partial charge is 0.297 e. The zero-order valence-electron chi connectivity index (χ0n) is 10.4. The minimum absolute atomic E-state index is 0.115. The maximum absolute atomic E-state index is 4.40. The second kappa shape index (κ2) is 4.77. The first-order valence-electron chi connectivity index (χ1n) is 6.51. The van der Waals surface area contributed by atoms with E-state index in [-0.39, 0.29) is 5.41 Å². The molecule has 0 saturated heterocycles. The van der Waals surface area contributed by atoms with Gasteiger partial charge in [-0.05, 0) is 30.2 Å². The predicted molar refractivity (Wildman–Crippen MR) is 76.3 cm³/mol. The van der Waals surface area contributed by atoms with Gasteiger partial charge in [0, 0.05) is 12.0 Å². The van der Waals surface area contributed by atoms with Crippen LogP contribution >= 0.6 is 0 Å². The third-order valence-electron chi connectivity index (χ3n) is 3.89. The molecule has 0 radical (unpaired) electrons. The highest BCUT2D eigenvalue weighted by Gasteiger charge is 2.34. The number of hydrogen-bond acceptors (Lipinski definition) is 1. The molecule has 18 heavy (non-hydrogen) atoms. The summed E-state index contributed by atoms with van der Waals surface area (Å²) in [5, 5.41) is 0. The molecular weight excluding hydrogens is 218 g/mol. The fourth-order valence-electron chi connectivity index (χ4n) is 2.87. The molecule has 0 aliphatic carbocycles. The van der Waals surface area contributed by atoms with E-state index in [1.54, 1.807) is 0 Å². The van der Waals surface area contributed by atoms with E-state index >= 15 is 0 Å². The van der Waals surface area contributed by atoms with Crippen molar-refractivity contribution < 1.29 is 0 Å². The Morgan fingerprint density at radius 2 is 1.33 bits per heavy atom. The monoisotopic (exact) mass is 235 g/mol. The first-order chi connectivity index (χ1) is 8.92. The van der Waals surface area contributed by atoms with Crippen molar-refractivity contribution >= 4 is 6.21 Å². The summed E-state index contributed by atoms with van der Waals surface area (Å²) in [6.07, 6.45) is 4.18. The van der Waals surface area contributed by atoms with Crippen LogP contribution in [0.25, 0.3) is 0 Å². The quantitative estimate of drug-likeness (QED) is 0.750. The van der Waals surface area contributed by atoms with Crippen LogP contribution in [0.1, 0.15) is 24.0 Å². The minimum Gasteiger partial charge on any atom is -0.297 e. The van der Waals surface area contributed by atoms with Crippen LogP contribution in [0, 0.1) is 0 Å². The van der Waals surface area contributed by atoms with Crippen molar-refractivity contribution in [2.24, 2.45) is 4.99 Å². The van der Waals surface area contributed by atoms with Gasteiger partial charge in [0.25, 0.3) is 0 Å². The summed E-state index contributed by atoms with van der Waals surface area (Å²) in [4.78, 5) is 4.40. The van der Waals surface area contributed by atoms with Crippen molar-refractivity contribution in [2.45, 2.75) is 18.3 Å². The lowest BCUT2D eigenvalue weighted by atomic mass is 9.69. The zero-order chi connectivity index (χ0) is 12.3. The molecule has 0 saturated carbocycles. The highest BCUT2D eigenvalue weighted by molar-refractivity contribution is 5.64. The molecule has 90 valence electrons. The number of nitrogens with zero attached hydrogens (tertiary/aromatic N) is 1. The normalized spacial score (nSPS) is 17.6. The van der Waals surface area contributed by atoms with Crippen molar-refractivity contribution in [1.29, 1.82) is 0 Å². The van der Waals surface area contributed by atoms with Crippen molar-refractivity contribution in [3.63, 3.8) is 0 Å². The summed E-state index contributed by atoms with van der Waals surface area (Å²) in [6, 6.07) is 21.7. The summed E-state index contributed by atoms with van der Waals surface area (Å²) < 4.78 is 0. The molecule has 0 atom stereocenters. The van der Waals surface area contributed by atoms with Crippen molar-refractivity contribution in [1.82, 2.24) is 0 Å². The van der Waals surface area contributed by atoms with Crippen LogP contribution in [0.2, 0.25) is 0 Å². The van der Waals surface area contributed by atoms with Crippen LogP contribution in [0.5, 0.6) is 0 Å². The van der Waals surface area contributed by atoms with Gasteiger partial charge < -0.3 is 0 Å². The summed E-state index contributed by atoms with van der Waals surface area (Å²) in [5.74, 6) is 0. The summed E-state index contributed by atoms with van der Waals surface area (Å²) >= 11 is 0. The molecule has 2 aromatic carbocycles. The van der Waals surface area contributed by atoms with E-state index < -0.39 is 0 Å². The van der Waals surface area contributed by atoms with Crippen LogP contribution in [0.4, 0.5) is 0 Å². The van der Waals surface area contributed by atoms with Gasteiger partial charge in [-0.2, -0.15) is 0 Å². The Morgan fingerprint density at radius 1 is 0.778 bits per heavy atom. The van der Waals surface area contributed by atoms with Crippen LogP contribution in [0.3, 0.4) is 0 Å². The Labute approximate surface area is 108 Å². The van der Waals surface area contributed by atoms with Gasteiger partial charge in [-0.3, -0.25) is 4.99 Å². The van der Waals surface area contributed by atoms with Gasteiger partial charge >= 0.3 is 0 Å². The van der Waals surface area contributed by atoms with Gasteiger partial charge in [0.1, 0.15) is 0 Å². The third-order valence-corrected chi connectivity index (χ3v) is 3.89. The fraction of sp³-hybridized carbons (Fsp3) is 0.235. The Bertz CT molecular complexity index is 489. The van der Waals surface area contributed by atoms with Crippen LogP contribution in [-0.2, 0) is 5.41 Å². The first kappa shape index (κ1) is 11.2. The molecule has 1 aliphatic rings. The van der Waals surface area contributed by atoms with Gasteiger partial charge in [-0.25, -0.2) is 0 Å². The van der Waals surface area contributed by atoms with Crippen LogP contribution < -0.4 is 0 Å². The fourth-order valence-corrected chi connectivity index (χ4v) is 2.87. The summed E-state index contributed by atoms with van der Waals surface area (Å²) in [5.41, 5.74) is 2.93. The molecule has 0 fully saturated rings. The molecule has 0 unspecified atom stereocenters. The Kier molecular flexibility index (Phi) is 2.97. The Hall–Kier alpha value is -1.89. The highest BCUT2D eigenvalue weighted by atomic mass is 14.7. The smallest absolute Gasteiger partial charge is 0.0397 e. The van der Waals surface area contributed by atoms with E-state index in [0.717, 1.165) is 19.4 Å². The molecule has 1 heteroatoms. The topological polar surface area (TPSA) is 12.4 Å². The molecule has 1 aliphatic heterocycles. The number of aliphatic imine (C=N–C) groups is 1. The van der Waals surface area contributed by atoms with E-state index in [1.807, 2.05) is 0 Å². The minimum atomic E-state index is 0.115. The average Bonchev–Trinajstić information content (AvgIpc) is 2.50. The second-order valence-corrected chi connectivity index (χ2v) is 4.86. The molecule has 0 spiro atoms. The van der Waals surface area contributed by atoms with Crippen LogP contribution in [-0.4, -0.2) is 12.8 Å². The maximum atomic E-state index is 4.40. The standard InChI is InChI=1S/C17H17N/c1-3-7-15(8-4-1)17(11-13-18-14-12-17)16-9-5-2-6-10-16/h1-10,13H,11-12,14H2. The summed E-state index contributed by atoms with van der Waals surface area (Å²) in [6.45, 7) is 0.920.